The fourth-order valence-corrected chi connectivity index (χ4v) is 0.470. The van der Waals surface area contributed by atoms with E-state index in [1.165, 1.54) is 7.48 Å². The normalized spacial score (nSPS) is 13.7. The van der Waals surface area contributed by atoms with Crippen molar-refractivity contribution in [1.82, 2.24) is 0 Å². The van der Waals surface area contributed by atoms with Crippen molar-refractivity contribution in [1.29, 1.82) is 0 Å². The maximum atomic E-state index is 9.68. The van der Waals surface area contributed by atoms with Gasteiger partial charge in [-0.15, -0.1) is 0 Å². The van der Waals surface area contributed by atoms with Crippen LogP contribution in [0, 0.1) is 0 Å². The van der Waals surface area contributed by atoms with Crippen molar-refractivity contribution in [2.24, 2.45) is 0 Å². The van der Waals surface area contributed by atoms with Crippen molar-refractivity contribution in [2.45, 2.75) is 38.9 Å². The Balaban J connectivity index is 3.97. The SMILES string of the molecule is CC(C)(O)C(C)(C)O[B]/C=C/CO. The topological polar surface area (TPSA) is 49.7 Å². The first kappa shape index (κ1) is 12.7. The van der Waals surface area contributed by atoms with Crippen LogP contribution in [0.4, 0.5) is 0 Å². The Morgan fingerprint density at radius 1 is 1.31 bits per heavy atom. The van der Waals surface area contributed by atoms with Crippen molar-refractivity contribution in [3.8, 4) is 0 Å². The molecule has 0 amide bonds. The number of rotatable bonds is 5. The Hall–Kier alpha value is -0.315. The molecule has 0 aromatic carbocycles. The first-order chi connectivity index (χ1) is 5.81. The van der Waals surface area contributed by atoms with E-state index in [2.05, 4.69) is 0 Å². The molecule has 0 rings (SSSR count). The number of hydrogen-bond acceptors (Lipinski definition) is 3. The van der Waals surface area contributed by atoms with Gasteiger partial charge in [-0.2, -0.15) is 0 Å². The van der Waals surface area contributed by atoms with E-state index >= 15 is 0 Å². The monoisotopic (exact) mass is 185 g/mol. The first-order valence-electron chi connectivity index (χ1n) is 4.30. The second-order valence-corrected chi connectivity index (χ2v) is 3.93. The Morgan fingerprint density at radius 2 is 1.85 bits per heavy atom. The Bertz CT molecular complexity index is 170. The molecule has 0 aliphatic heterocycles. The van der Waals surface area contributed by atoms with Crippen molar-refractivity contribution >= 4 is 7.48 Å². The van der Waals surface area contributed by atoms with E-state index in [0.717, 1.165) is 0 Å². The molecule has 13 heavy (non-hydrogen) atoms. The first-order valence-corrected chi connectivity index (χ1v) is 4.30. The molecular formula is C9H18BO3. The second kappa shape index (κ2) is 4.79. The predicted octanol–water partition coefficient (Wildman–Crippen LogP) is 0.678. The zero-order valence-electron chi connectivity index (χ0n) is 8.74. The van der Waals surface area contributed by atoms with Crippen molar-refractivity contribution in [2.75, 3.05) is 6.61 Å². The van der Waals surface area contributed by atoms with Crippen molar-refractivity contribution in [3.63, 3.8) is 0 Å². The lowest BCUT2D eigenvalue weighted by Gasteiger charge is -2.37. The predicted molar refractivity (Wildman–Crippen MR) is 53.4 cm³/mol. The van der Waals surface area contributed by atoms with E-state index in [9.17, 15) is 5.11 Å². The van der Waals surface area contributed by atoms with Crippen LogP contribution in [0.1, 0.15) is 27.7 Å². The molecule has 0 aromatic heterocycles. The van der Waals surface area contributed by atoms with Gasteiger partial charge in [0.05, 0.1) is 17.8 Å². The van der Waals surface area contributed by atoms with Gasteiger partial charge >= 0.3 is 7.48 Å². The highest BCUT2D eigenvalue weighted by atomic mass is 16.5. The third-order valence-electron chi connectivity index (χ3n) is 2.16. The van der Waals surface area contributed by atoms with Gasteiger partial charge in [0.1, 0.15) is 0 Å². The maximum absolute atomic E-state index is 9.68. The largest absolute Gasteiger partial charge is 0.427 e. The number of hydrogen-bond donors (Lipinski definition) is 2. The van der Waals surface area contributed by atoms with Gasteiger partial charge in [0, 0.05) is 0 Å². The molecule has 0 aromatic rings. The molecule has 0 unspecified atom stereocenters. The van der Waals surface area contributed by atoms with Gasteiger partial charge in [-0.05, 0) is 27.7 Å². The van der Waals surface area contributed by atoms with Crippen LogP contribution < -0.4 is 0 Å². The lowest BCUT2D eigenvalue weighted by Crippen LogP contribution is -2.47. The van der Waals surface area contributed by atoms with E-state index in [1.807, 2.05) is 0 Å². The van der Waals surface area contributed by atoms with Gasteiger partial charge in [0.15, 0.2) is 0 Å². The van der Waals surface area contributed by atoms with Gasteiger partial charge in [0.25, 0.3) is 0 Å². The zero-order valence-corrected chi connectivity index (χ0v) is 8.74. The molecular weight excluding hydrogens is 167 g/mol. The van der Waals surface area contributed by atoms with Gasteiger partial charge in [-0.1, -0.05) is 12.1 Å². The summed E-state index contributed by atoms with van der Waals surface area (Å²) < 4.78 is 5.32. The molecule has 2 N–H and O–H groups in total. The minimum atomic E-state index is -0.906. The summed E-state index contributed by atoms with van der Waals surface area (Å²) in [5.74, 6) is 1.60. The van der Waals surface area contributed by atoms with Crippen LogP contribution >= 0.6 is 0 Å². The van der Waals surface area contributed by atoms with Crippen molar-refractivity contribution in [3.05, 3.63) is 12.1 Å². The van der Waals surface area contributed by atoms with E-state index in [1.54, 1.807) is 39.7 Å². The van der Waals surface area contributed by atoms with Crippen LogP contribution in [0.2, 0.25) is 0 Å². The summed E-state index contributed by atoms with van der Waals surface area (Å²) in [5, 5.41) is 18.1. The van der Waals surface area contributed by atoms with Crippen LogP contribution in [-0.2, 0) is 4.65 Å². The molecule has 3 nitrogen and oxygen atoms in total. The summed E-state index contributed by atoms with van der Waals surface area (Å²) in [6.45, 7) is 6.97. The van der Waals surface area contributed by atoms with Crippen LogP contribution in [0.15, 0.2) is 12.1 Å². The molecule has 1 radical (unpaired) electrons. The standard InChI is InChI=1S/C9H18BO3/c1-8(2,12)9(3,4)13-10-6-5-7-11/h5-6,11-12H,7H2,1-4H3/b6-5+. The fourth-order valence-electron chi connectivity index (χ4n) is 0.470. The van der Waals surface area contributed by atoms with Crippen LogP contribution in [0.25, 0.3) is 0 Å². The summed E-state index contributed by atoms with van der Waals surface area (Å²) in [5.41, 5.74) is -1.55. The van der Waals surface area contributed by atoms with E-state index < -0.39 is 11.2 Å². The van der Waals surface area contributed by atoms with Crippen LogP contribution in [0.5, 0.6) is 0 Å². The van der Waals surface area contributed by atoms with Crippen molar-refractivity contribution < 1.29 is 14.9 Å². The molecule has 0 aliphatic rings. The Morgan fingerprint density at radius 3 is 2.23 bits per heavy atom. The number of aliphatic hydroxyl groups excluding tert-OH is 1. The lowest BCUT2D eigenvalue weighted by molar-refractivity contribution is -0.0894. The zero-order chi connectivity index (χ0) is 10.5. The quantitative estimate of drug-likeness (QED) is 0.619. The van der Waals surface area contributed by atoms with Gasteiger partial charge in [-0.25, -0.2) is 0 Å². The maximum Gasteiger partial charge on any atom is 0.322 e. The highest BCUT2D eigenvalue weighted by molar-refractivity contribution is 6.34. The Labute approximate surface area is 80.7 Å². The van der Waals surface area contributed by atoms with E-state index in [4.69, 9.17) is 9.76 Å². The average Bonchev–Trinajstić information content (AvgIpc) is 1.96. The minimum absolute atomic E-state index is 0.0111. The molecule has 0 saturated heterocycles. The average molecular weight is 185 g/mol. The molecule has 0 aliphatic carbocycles. The third-order valence-corrected chi connectivity index (χ3v) is 2.16. The summed E-state index contributed by atoms with van der Waals surface area (Å²) in [7, 11) is 1.47. The molecule has 4 heteroatoms. The minimum Gasteiger partial charge on any atom is -0.427 e. The molecule has 75 valence electrons. The molecule has 0 heterocycles. The van der Waals surface area contributed by atoms with Gasteiger partial charge in [0.2, 0.25) is 0 Å². The highest BCUT2D eigenvalue weighted by Crippen LogP contribution is 2.24. The summed E-state index contributed by atoms with van der Waals surface area (Å²) >= 11 is 0. The summed E-state index contributed by atoms with van der Waals surface area (Å²) in [4.78, 5) is 0. The molecule has 0 bridgehead atoms. The second-order valence-electron chi connectivity index (χ2n) is 3.93. The summed E-state index contributed by atoms with van der Waals surface area (Å²) in [6, 6.07) is 0. The van der Waals surface area contributed by atoms with Crippen LogP contribution in [-0.4, -0.2) is 35.5 Å². The third kappa shape index (κ3) is 4.46. The van der Waals surface area contributed by atoms with Gasteiger partial charge in [-0.3, -0.25) is 0 Å². The van der Waals surface area contributed by atoms with E-state index in [-0.39, 0.29) is 6.61 Å². The lowest BCUT2D eigenvalue weighted by atomic mass is 9.86. The number of aliphatic hydroxyl groups is 2. The van der Waals surface area contributed by atoms with Crippen LogP contribution in [0.3, 0.4) is 0 Å². The smallest absolute Gasteiger partial charge is 0.322 e. The molecule has 0 saturated carbocycles. The fraction of sp³-hybridized carbons (Fsp3) is 0.778. The molecule has 0 spiro atoms. The van der Waals surface area contributed by atoms with E-state index in [0.29, 0.717) is 0 Å². The van der Waals surface area contributed by atoms with Gasteiger partial charge < -0.3 is 14.9 Å². The highest BCUT2D eigenvalue weighted by Gasteiger charge is 2.35. The molecule has 0 atom stereocenters. The Kier molecular flexibility index (Phi) is 4.68. The summed E-state index contributed by atoms with van der Waals surface area (Å²) in [6.07, 6.45) is 1.56. The molecule has 0 fully saturated rings.